The van der Waals surface area contributed by atoms with Crippen molar-refractivity contribution >= 4 is 0 Å². The molecule has 0 saturated heterocycles. The van der Waals surface area contributed by atoms with Crippen LogP contribution in [0.5, 0.6) is 0 Å². The molecule has 0 aliphatic heterocycles. The van der Waals surface area contributed by atoms with Gasteiger partial charge in [0.25, 0.3) is 0 Å². The molecule has 0 heterocycles. The van der Waals surface area contributed by atoms with Gasteiger partial charge in [-0.1, -0.05) is 27.7 Å². The van der Waals surface area contributed by atoms with Crippen molar-refractivity contribution in [1.29, 1.82) is 0 Å². The van der Waals surface area contributed by atoms with Crippen LogP contribution in [-0.2, 0) is 9.47 Å². The first-order valence-electron chi connectivity index (χ1n) is 6.14. The normalized spacial score (nSPS) is 16.4. The third-order valence-electron chi connectivity index (χ3n) is 2.67. The van der Waals surface area contributed by atoms with E-state index in [-0.39, 0.29) is 5.41 Å². The molecule has 0 aromatic carbocycles. The van der Waals surface area contributed by atoms with E-state index in [2.05, 4.69) is 41.5 Å². The van der Waals surface area contributed by atoms with Crippen LogP contribution in [0.1, 0.15) is 54.4 Å². The number of rotatable bonds is 8. The van der Waals surface area contributed by atoms with Crippen molar-refractivity contribution in [3.05, 3.63) is 0 Å². The monoisotopic (exact) mass is 216 g/mol. The Morgan fingerprint density at radius 1 is 0.867 bits per heavy atom. The molecule has 0 spiro atoms. The molecular formula is C13H28O2. The molecule has 0 aromatic heterocycles. The molecule has 0 saturated carbocycles. The van der Waals surface area contributed by atoms with Gasteiger partial charge in [0.2, 0.25) is 0 Å². The highest BCUT2D eigenvalue weighted by atomic mass is 16.5. The molecule has 0 N–H and O–H groups in total. The lowest BCUT2D eigenvalue weighted by atomic mass is 9.96. The van der Waals surface area contributed by atoms with E-state index in [4.69, 9.17) is 9.47 Å². The summed E-state index contributed by atoms with van der Waals surface area (Å²) in [6, 6.07) is 0. The van der Waals surface area contributed by atoms with E-state index < -0.39 is 0 Å². The molecule has 0 aliphatic rings. The van der Waals surface area contributed by atoms with E-state index in [0.717, 1.165) is 26.1 Å². The maximum atomic E-state index is 5.74. The highest BCUT2D eigenvalue weighted by Gasteiger charge is 2.20. The van der Waals surface area contributed by atoms with Gasteiger partial charge in [0.05, 0.1) is 25.4 Å². The molecule has 0 rings (SSSR count). The number of hydrogen-bond acceptors (Lipinski definition) is 2. The van der Waals surface area contributed by atoms with Crippen molar-refractivity contribution in [2.75, 3.05) is 13.2 Å². The predicted molar refractivity (Wildman–Crippen MR) is 65.2 cm³/mol. The lowest BCUT2D eigenvalue weighted by Crippen LogP contribution is -2.29. The molecule has 0 aliphatic carbocycles. The average molecular weight is 216 g/mol. The van der Waals surface area contributed by atoms with E-state index in [1.54, 1.807) is 0 Å². The van der Waals surface area contributed by atoms with Crippen LogP contribution in [0.15, 0.2) is 0 Å². The fraction of sp³-hybridized carbons (Fsp3) is 1.00. The summed E-state index contributed by atoms with van der Waals surface area (Å²) in [7, 11) is 0. The van der Waals surface area contributed by atoms with Gasteiger partial charge in [-0.15, -0.1) is 0 Å². The minimum absolute atomic E-state index is 0.118. The van der Waals surface area contributed by atoms with Crippen molar-refractivity contribution in [2.45, 2.75) is 66.6 Å². The van der Waals surface area contributed by atoms with Gasteiger partial charge < -0.3 is 9.47 Å². The van der Waals surface area contributed by atoms with Crippen molar-refractivity contribution in [2.24, 2.45) is 5.41 Å². The summed E-state index contributed by atoms with van der Waals surface area (Å²) in [6.07, 6.45) is 2.85. The first-order chi connectivity index (χ1) is 6.91. The summed E-state index contributed by atoms with van der Waals surface area (Å²) in [6.45, 7) is 14.5. The largest absolute Gasteiger partial charge is 0.378 e. The molecule has 0 amide bonds. The zero-order valence-corrected chi connectivity index (χ0v) is 11.3. The van der Waals surface area contributed by atoms with Gasteiger partial charge in [-0.05, 0) is 26.7 Å². The second kappa shape index (κ2) is 7.24. The lowest BCUT2D eigenvalue weighted by Gasteiger charge is -2.27. The van der Waals surface area contributed by atoms with Crippen LogP contribution in [0, 0.1) is 5.41 Å². The Bertz CT molecular complexity index is 139. The molecule has 2 unspecified atom stereocenters. The maximum Gasteiger partial charge on any atom is 0.0544 e. The first kappa shape index (κ1) is 14.9. The highest BCUT2D eigenvalue weighted by Crippen LogP contribution is 2.18. The summed E-state index contributed by atoms with van der Waals surface area (Å²) in [4.78, 5) is 0. The molecule has 15 heavy (non-hydrogen) atoms. The van der Waals surface area contributed by atoms with Crippen LogP contribution in [-0.4, -0.2) is 25.4 Å². The van der Waals surface area contributed by atoms with E-state index >= 15 is 0 Å². The smallest absolute Gasteiger partial charge is 0.0544 e. The van der Waals surface area contributed by atoms with Crippen molar-refractivity contribution < 1.29 is 9.47 Å². The molecule has 0 bridgehead atoms. The minimum Gasteiger partial charge on any atom is -0.378 e. The second-order valence-corrected chi connectivity index (χ2v) is 5.22. The fourth-order valence-electron chi connectivity index (χ4n) is 1.01. The molecule has 0 aromatic rings. The summed E-state index contributed by atoms with van der Waals surface area (Å²) in [5.74, 6) is 0. The van der Waals surface area contributed by atoms with Crippen LogP contribution in [0.25, 0.3) is 0 Å². The summed E-state index contributed by atoms with van der Waals surface area (Å²) >= 11 is 0. The Morgan fingerprint density at radius 3 is 1.47 bits per heavy atom. The molecule has 2 atom stereocenters. The summed E-state index contributed by atoms with van der Waals surface area (Å²) < 4.78 is 11.5. The summed E-state index contributed by atoms with van der Waals surface area (Å²) in [5, 5.41) is 0. The topological polar surface area (TPSA) is 18.5 Å². The van der Waals surface area contributed by atoms with Gasteiger partial charge in [-0.25, -0.2) is 0 Å². The fourth-order valence-corrected chi connectivity index (χ4v) is 1.01. The Hall–Kier alpha value is -0.0800. The van der Waals surface area contributed by atoms with E-state index in [1.165, 1.54) is 0 Å². The van der Waals surface area contributed by atoms with Crippen LogP contribution in [0.2, 0.25) is 0 Å². The van der Waals surface area contributed by atoms with Gasteiger partial charge in [-0.2, -0.15) is 0 Å². The van der Waals surface area contributed by atoms with Gasteiger partial charge >= 0.3 is 0 Å². The Morgan fingerprint density at radius 2 is 1.20 bits per heavy atom. The number of hydrogen-bond donors (Lipinski definition) is 0. The second-order valence-electron chi connectivity index (χ2n) is 5.22. The lowest BCUT2D eigenvalue weighted by molar-refractivity contribution is -0.0485. The average Bonchev–Trinajstić information content (AvgIpc) is 2.22. The van der Waals surface area contributed by atoms with Crippen molar-refractivity contribution in [3.8, 4) is 0 Å². The SMILES string of the molecule is CCC(C)OCC(C)(C)COC(C)CC. The zero-order chi connectivity index (χ0) is 11.9. The van der Waals surface area contributed by atoms with Gasteiger partial charge in [0.15, 0.2) is 0 Å². The first-order valence-corrected chi connectivity index (χ1v) is 6.14. The highest BCUT2D eigenvalue weighted by molar-refractivity contribution is 4.68. The van der Waals surface area contributed by atoms with E-state index in [0.29, 0.717) is 12.2 Å². The molecule has 0 radical (unpaired) electrons. The Kier molecular flexibility index (Phi) is 7.20. The molecule has 0 fully saturated rings. The quantitative estimate of drug-likeness (QED) is 0.616. The molecular weight excluding hydrogens is 188 g/mol. The Balaban J connectivity index is 3.75. The van der Waals surface area contributed by atoms with Crippen LogP contribution in [0.3, 0.4) is 0 Å². The third kappa shape index (κ3) is 7.80. The van der Waals surface area contributed by atoms with Gasteiger partial charge in [0.1, 0.15) is 0 Å². The predicted octanol–water partition coefficient (Wildman–Crippen LogP) is 3.64. The van der Waals surface area contributed by atoms with E-state index in [9.17, 15) is 0 Å². The third-order valence-corrected chi connectivity index (χ3v) is 2.67. The number of ether oxygens (including phenoxy) is 2. The van der Waals surface area contributed by atoms with Gasteiger partial charge in [0, 0.05) is 5.41 Å². The van der Waals surface area contributed by atoms with Crippen molar-refractivity contribution in [3.63, 3.8) is 0 Å². The maximum absolute atomic E-state index is 5.74. The Labute approximate surface area is 95.3 Å². The zero-order valence-electron chi connectivity index (χ0n) is 11.3. The minimum atomic E-state index is 0.118. The molecule has 2 heteroatoms. The van der Waals surface area contributed by atoms with Crippen LogP contribution in [0.4, 0.5) is 0 Å². The molecule has 92 valence electrons. The van der Waals surface area contributed by atoms with Crippen LogP contribution >= 0.6 is 0 Å². The van der Waals surface area contributed by atoms with E-state index in [1.807, 2.05) is 0 Å². The van der Waals surface area contributed by atoms with Crippen molar-refractivity contribution in [1.82, 2.24) is 0 Å². The van der Waals surface area contributed by atoms with Crippen LogP contribution < -0.4 is 0 Å². The molecule has 2 nitrogen and oxygen atoms in total. The van der Waals surface area contributed by atoms with Gasteiger partial charge in [-0.3, -0.25) is 0 Å². The standard InChI is InChI=1S/C13H28O2/c1-7-11(3)14-9-13(5,6)10-15-12(4)8-2/h11-12H,7-10H2,1-6H3. The summed E-state index contributed by atoms with van der Waals surface area (Å²) in [5.41, 5.74) is 0.118.